The van der Waals surface area contributed by atoms with E-state index in [9.17, 15) is 48.9 Å². The number of phenolic OH excluding ortho intramolecular Hbond substituents is 1. The third-order valence-corrected chi connectivity index (χ3v) is 8.99. The van der Waals surface area contributed by atoms with Crippen LogP contribution in [0.25, 0.3) is 0 Å². The fraction of sp³-hybridized carbons (Fsp3) is 0.639. The number of nitrogens with zero attached hydrogens (tertiary/aromatic N) is 1. The number of aliphatic carboxylic acids is 1. The maximum Gasteiger partial charge on any atom is 0.305 e. The zero-order valence-electron chi connectivity index (χ0n) is 31.4. The van der Waals surface area contributed by atoms with E-state index in [0.717, 1.165) is 0 Å². The van der Waals surface area contributed by atoms with Gasteiger partial charge in [0.25, 0.3) is 0 Å². The smallest absolute Gasteiger partial charge is 0.305 e. The van der Waals surface area contributed by atoms with Gasteiger partial charge in [-0.15, -0.1) is 0 Å². The summed E-state index contributed by atoms with van der Waals surface area (Å²) in [7, 11) is 0. The van der Waals surface area contributed by atoms with Crippen molar-refractivity contribution in [1.82, 2.24) is 36.8 Å². The van der Waals surface area contributed by atoms with E-state index >= 15 is 0 Å². The summed E-state index contributed by atoms with van der Waals surface area (Å²) in [5, 5.41) is 45.8. The SMILES string of the molecule is CC(C)C[C@@H]1NC(=O)[C@@H](Cc2ccc(O)cc2)NC(=O)[C@@H]2CCCN2[C@H](C(=O)NC(C)(C)C)[C@@H](C)NC(=O)[C@H]([C@@H](C)O)NC(=O)[C@H](CC(=O)O)NC1=O. The molecule has 2 fully saturated rings. The van der Waals surface area contributed by atoms with Gasteiger partial charge in [0.05, 0.1) is 24.6 Å². The molecule has 0 radical (unpaired) electrons. The number of carboxylic acid groups (broad SMARTS) is 1. The van der Waals surface area contributed by atoms with Crippen LogP contribution in [0.15, 0.2) is 24.3 Å². The van der Waals surface area contributed by atoms with E-state index in [1.807, 2.05) is 0 Å². The minimum atomic E-state index is -1.72. The van der Waals surface area contributed by atoms with Crippen LogP contribution in [0, 0.1) is 5.92 Å². The van der Waals surface area contributed by atoms with Crippen LogP contribution in [0.4, 0.5) is 0 Å². The van der Waals surface area contributed by atoms with E-state index in [2.05, 4.69) is 31.9 Å². The third-order valence-electron chi connectivity index (χ3n) is 8.99. The van der Waals surface area contributed by atoms with E-state index in [0.29, 0.717) is 18.4 Å². The number of aliphatic hydroxyl groups excluding tert-OH is 1. The lowest BCUT2D eigenvalue weighted by Gasteiger charge is -2.38. The van der Waals surface area contributed by atoms with Gasteiger partial charge in [-0.25, -0.2) is 0 Å². The molecule has 17 nitrogen and oxygen atoms in total. The number of carboxylic acids is 1. The Morgan fingerprint density at radius 2 is 1.42 bits per heavy atom. The number of amides is 6. The lowest BCUT2D eigenvalue weighted by Crippen LogP contribution is -2.66. The van der Waals surface area contributed by atoms with Crippen LogP contribution in [0.5, 0.6) is 5.75 Å². The number of benzene rings is 1. The number of carbonyl (C=O) groups is 7. The predicted octanol–water partition coefficient (Wildman–Crippen LogP) is -0.958. The molecule has 0 saturated carbocycles. The minimum Gasteiger partial charge on any atom is -0.508 e. The number of aromatic hydroxyl groups is 1. The molecule has 2 aliphatic rings. The Kier molecular flexibility index (Phi) is 14.7. The molecule has 2 saturated heterocycles. The van der Waals surface area contributed by atoms with Crippen molar-refractivity contribution < 1.29 is 48.9 Å². The molecule has 1 aromatic rings. The summed E-state index contributed by atoms with van der Waals surface area (Å²) in [4.78, 5) is 96.4. The standard InChI is InChI=1S/C36H55N7O10/c1-18(2)15-23-30(48)39-25(17-27(46)47)32(50)41-28(20(4)44)34(52)37-19(3)29(35(53)42-36(5,6)7)43-14-8-9-26(43)33(51)40-24(31(49)38-23)16-21-10-12-22(45)13-11-21/h10-13,18-20,23-26,28-29,44-45H,8-9,14-17H2,1-7H3,(H,37,52)(H,38,49)(H,39,48)(H,40,51)(H,41,50)(H,42,53)(H,46,47)/t19-,20-,23+,24-,25+,26+,28+,29+/m1/s1. The molecular formula is C36H55N7O10. The second-order valence-electron chi connectivity index (χ2n) is 15.4. The van der Waals surface area contributed by atoms with Gasteiger partial charge in [0.2, 0.25) is 35.4 Å². The molecule has 0 spiro atoms. The van der Waals surface area contributed by atoms with Crippen LogP contribution < -0.4 is 31.9 Å². The number of hydrogen-bond acceptors (Lipinski definition) is 10. The summed E-state index contributed by atoms with van der Waals surface area (Å²) in [5.74, 6) is -6.31. The van der Waals surface area contributed by atoms with Crippen molar-refractivity contribution in [2.45, 2.75) is 135 Å². The fourth-order valence-corrected chi connectivity index (χ4v) is 6.54. The van der Waals surface area contributed by atoms with Crippen LogP contribution in [0.2, 0.25) is 0 Å². The van der Waals surface area contributed by atoms with Crippen LogP contribution in [-0.2, 0) is 40.0 Å². The van der Waals surface area contributed by atoms with Crippen LogP contribution >= 0.6 is 0 Å². The van der Waals surface area contributed by atoms with Gasteiger partial charge < -0.3 is 47.2 Å². The fourth-order valence-electron chi connectivity index (χ4n) is 6.54. The molecule has 53 heavy (non-hydrogen) atoms. The molecule has 17 heteroatoms. The molecule has 0 bridgehead atoms. The maximum atomic E-state index is 14.2. The van der Waals surface area contributed by atoms with Crippen molar-refractivity contribution in [3.63, 3.8) is 0 Å². The maximum absolute atomic E-state index is 14.2. The largest absolute Gasteiger partial charge is 0.508 e. The summed E-state index contributed by atoms with van der Waals surface area (Å²) < 4.78 is 0. The van der Waals surface area contributed by atoms with E-state index in [-0.39, 0.29) is 31.1 Å². The summed E-state index contributed by atoms with van der Waals surface area (Å²) in [6, 6.07) is -2.93. The van der Waals surface area contributed by atoms with Crippen molar-refractivity contribution in [3.8, 4) is 5.75 Å². The van der Waals surface area contributed by atoms with Crippen LogP contribution in [-0.4, -0.2) is 122 Å². The molecule has 2 heterocycles. The second-order valence-corrected chi connectivity index (χ2v) is 15.4. The van der Waals surface area contributed by atoms with Crippen LogP contribution in [0.3, 0.4) is 0 Å². The highest BCUT2D eigenvalue weighted by molar-refractivity contribution is 5.97. The van der Waals surface area contributed by atoms with E-state index in [1.54, 1.807) is 58.6 Å². The number of carbonyl (C=O) groups excluding carboxylic acids is 6. The molecule has 0 unspecified atom stereocenters. The minimum absolute atomic E-state index is 0.0114. The van der Waals surface area contributed by atoms with Gasteiger partial charge in [0.15, 0.2) is 0 Å². The topological polar surface area (TPSA) is 256 Å². The van der Waals surface area contributed by atoms with Crippen molar-refractivity contribution in [2.24, 2.45) is 5.92 Å². The summed E-state index contributed by atoms with van der Waals surface area (Å²) in [6.07, 6.45) is -1.56. The van der Waals surface area contributed by atoms with Crippen molar-refractivity contribution in [2.75, 3.05) is 6.54 Å². The Morgan fingerprint density at radius 3 is 1.98 bits per heavy atom. The molecule has 8 atom stereocenters. The van der Waals surface area contributed by atoms with Gasteiger partial charge in [-0.3, -0.25) is 38.5 Å². The molecule has 0 aromatic heterocycles. The zero-order valence-corrected chi connectivity index (χ0v) is 31.4. The van der Waals surface area contributed by atoms with Gasteiger partial charge in [-0.2, -0.15) is 0 Å². The molecule has 2 aliphatic heterocycles. The van der Waals surface area contributed by atoms with Gasteiger partial charge >= 0.3 is 5.97 Å². The first kappa shape index (κ1) is 42.6. The van der Waals surface area contributed by atoms with E-state index in [1.165, 1.54) is 19.1 Å². The van der Waals surface area contributed by atoms with Gasteiger partial charge in [-0.1, -0.05) is 26.0 Å². The zero-order chi connectivity index (χ0) is 39.8. The monoisotopic (exact) mass is 745 g/mol. The Hall–Kier alpha value is -4.77. The number of fused-ring (bicyclic) bond motifs is 1. The summed E-state index contributed by atoms with van der Waals surface area (Å²) >= 11 is 0. The van der Waals surface area contributed by atoms with Crippen molar-refractivity contribution >= 4 is 41.4 Å². The quantitative estimate of drug-likeness (QED) is 0.157. The van der Waals surface area contributed by atoms with Crippen molar-refractivity contribution in [1.29, 1.82) is 0 Å². The second kappa shape index (κ2) is 18.3. The molecule has 294 valence electrons. The average Bonchev–Trinajstić information content (AvgIpc) is 3.50. The first-order valence-corrected chi connectivity index (χ1v) is 17.9. The number of nitrogens with one attached hydrogen (secondary N) is 6. The molecule has 6 amide bonds. The van der Waals surface area contributed by atoms with Crippen molar-refractivity contribution in [3.05, 3.63) is 29.8 Å². The molecule has 3 rings (SSSR count). The molecular weight excluding hydrogens is 690 g/mol. The number of phenols is 1. The number of rotatable bonds is 8. The Bertz CT molecular complexity index is 1510. The van der Waals surface area contributed by atoms with E-state index in [4.69, 9.17) is 0 Å². The van der Waals surface area contributed by atoms with Gasteiger partial charge in [0, 0.05) is 12.0 Å². The highest BCUT2D eigenvalue weighted by atomic mass is 16.4. The van der Waals surface area contributed by atoms with Gasteiger partial charge in [-0.05, 0) is 84.0 Å². The number of aliphatic hydroxyl groups is 1. The van der Waals surface area contributed by atoms with Gasteiger partial charge in [0.1, 0.15) is 36.0 Å². The van der Waals surface area contributed by atoms with Crippen LogP contribution in [0.1, 0.15) is 79.7 Å². The Labute approximate surface area is 309 Å². The normalized spacial score (nSPS) is 27.6. The summed E-state index contributed by atoms with van der Waals surface area (Å²) in [6.45, 7) is 11.9. The molecule has 0 aliphatic carbocycles. The highest BCUT2D eigenvalue weighted by Crippen LogP contribution is 2.24. The Morgan fingerprint density at radius 1 is 0.849 bits per heavy atom. The first-order valence-electron chi connectivity index (χ1n) is 17.9. The lowest BCUT2D eigenvalue weighted by atomic mass is 9.99. The number of hydrogen-bond donors (Lipinski definition) is 9. The highest BCUT2D eigenvalue weighted by Gasteiger charge is 2.44. The molecule has 1 aromatic carbocycles. The Balaban J connectivity index is 2.16. The van der Waals surface area contributed by atoms with E-state index < -0.39 is 102 Å². The summed E-state index contributed by atoms with van der Waals surface area (Å²) in [5.41, 5.74) is -0.132. The third kappa shape index (κ3) is 12.4. The molecule has 9 N–H and O–H groups in total. The first-order chi connectivity index (χ1) is 24.7. The lowest BCUT2D eigenvalue weighted by molar-refractivity contribution is -0.142. The average molecular weight is 746 g/mol. The predicted molar refractivity (Wildman–Crippen MR) is 192 cm³/mol.